The predicted molar refractivity (Wildman–Crippen MR) is 309 cm³/mol. The van der Waals surface area contributed by atoms with Crippen molar-refractivity contribution in [3.05, 3.63) is 173 Å². The van der Waals surface area contributed by atoms with Crippen molar-refractivity contribution in [3.8, 4) is 34.1 Å². The predicted octanol–water partition coefficient (Wildman–Crippen LogP) is 10.6. The standard InChI is InChI=1S/C64H60FN7O10/c1-36(2)59(70-64(77)82-35-52-48-13-8-6-11-46(48)47-12-7-9-14-49(47)52)61(74)68-37(3)60(73)69-43-21-17-39(18-22-43)41-26-45-32-67-54-30-58(56(79-5)28-51(54)63(76)72(45)34-41)81-24-10-23-80-57-29-53-50(27-55(57)78-4)62(75)71-33-40(25-44(71)31-66-53)38-15-19-42(65)20-16-38/h6-9,11-22,27-34,36-37,44-45,52,59H,10,23-26,35H2,1-5H3,(H,68,74)(H,69,73)(H,70,77)/t37-,44-,45-,59-/m0/s1. The molecule has 3 N–H and O–H groups in total. The minimum atomic E-state index is -0.959. The second-order valence-electron chi connectivity index (χ2n) is 20.9. The number of carbonyl (C=O) groups excluding carboxylic acids is 5. The van der Waals surface area contributed by atoms with Crippen LogP contribution >= 0.6 is 0 Å². The second kappa shape index (κ2) is 23.3. The lowest BCUT2D eigenvalue weighted by atomic mass is 9.98. The fourth-order valence-corrected chi connectivity index (χ4v) is 10.9. The zero-order chi connectivity index (χ0) is 57.2. The molecular weight excluding hydrogens is 1050 g/mol. The molecule has 0 saturated carbocycles. The Bertz CT molecular complexity index is 3590. The van der Waals surface area contributed by atoms with Crippen molar-refractivity contribution in [2.45, 2.75) is 70.1 Å². The molecule has 418 valence electrons. The molecule has 11 rings (SSSR count). The molecule has 5 aliphatic rings. The Morgan fingerprint density at radius 3 is 1.62 bits per heavy atom. The first-order valence-electron chi connectivity index (χ1n) is 27.2. The lowest BCUT2D eigenvalue weighted by Crippen LogP contribution is -2.53. The number of ether oxygens (including phenoxy) is 5. The Hall–Kier alpha value is -9.58. The first kappa shape index (κ1) is 54.4. The van der Waals surface area contributed by atoms with E-state index in [1.54, 1.807) is 97.7 Å². The summed E-state index contributed by atoms with van der Waals surface area (Å²) in [4.78, 5) is 80.6. The molecule has 0 fully saturated rings. The van der Waals surface area contributed by atoms with E-state index < -0.39 is 30.0 Å². The van der Waals surface area contributed by atoms with Gasteiger partial charge in [0.15, 0.2) is 23.0 Å². The Morgan fingerprint density at radius 1 is 0.622 bits per heavy atom. The van der Waals surface area contributed by atoms with Crippen LogP contribution in [0.25, 0.3) is 22.3 Å². The number of carbonyl (C=O) groups is 5. The molecule has 0 bridgehead atoms. The summed E-state index contributed by atoms with van der Waals surface area (Å²) in [5.74, 6) is -0.683. The maximum atomic E-state index is 14.1. The fraction of sp³-hybridized carbons (Fsp3) is 0.266. The average Bonchev–Trinajstić information content (AvgIpc) is 3.37. The number of methoxy groups -OCH3 is 2. The minimum Gasteiger partial charge on any atom is -0.493 e. The third-order valence-electron chi connectivity index (χ3n) is 15.3. The number of alkyl carbamates (subject to hydrolysis) is 1. The molecule has 0 aromatic heterocycles. The van der Waals surface area contributed by atoms with Crippen molar-refractivity contribution < 1.29 is 52.0 Å². The van der Waals surface area contributed by atoms with E-state index in [4.69, 9.17) is 28.7 Å². The Morgan fingerprint density at radius 2 is 1.12 bits per heavy atom. The van der Waals surface area contributed by atoms with Gasteiger partial charge in [0.25, 0.3) is 11.8 Å². The lowest BCUT2D eigenvalue weighted by molar-refractivity contribution is -0.128. The molecule has 0 spiro atoms. The van der Waals surface area contributed by atoms with Crippen molar-refractivity contribution in [2.75, 3.05) is 39.4 Å². The van der Waals surface area contributed by atoms with Gasteiger partial charge < -0.3 is 49.4 Å². The summed E-state index contributed by atoms with van der Waals surface area (Å²) in [5, 5.41) is 8.31. The molecule has 82 heavy (non-hydrogen) atoms. The fourth-order valence-electron chi connectivity index (χ4n) is 10.9. The summed E-state index contributed by atoms with van der Waals surface area (Å²) in [6, 6.07) is 33.6. The summed E-state index contributed by atoms with van der Waals surface area (Å²) < 4.78 is 42.9. The lowest BCUT2D eigenvalue weighted by Gasteiger charge is -2.24. The number of hydrogen-bond acceptors (Lipinski definition) is 12. The van der Waals surface area contributed by atoms with E-state index in [2.05, 4.69) is 33.1 Å². The van der Waals surface area contributed by atoms with E-state index in [-0.39, 0.29) is 61.4 Å². The van der Waals surface area contributed by atoms with Crippen LogP contribution < -0.4 is 34.9 Å². The van der Waals surface area contributed by atoms with Gasteiger partial charge in [-0.3, -0.25) is 29.2 Å². The number of fused-ring (bicyclic) bond motifs is 7. The first-order chi connectivity index (χ1) is 39.7. The van der Waals surface area contributed by atoms with Crippen LogP contribution in [0.4, 0.5) is 26.2 Å². The van der Waals surface area contributed by atoms with E-state index in [1.165, 1.54) is 26.4 Å². The normalized spacial score (nSPS) is 17.2. The zero-order valence-corrected chi connectivity index (χ0v) is 45.8. The van der Waals surface area contributed by atoms with Crippen LogP contribution in [-0.4, -0.2) is 110 Å². The summed E-state index contributed by atoms with van der Waals surface area (Å²) in [6.07, 6.45) is 7.86. The van der Waals surface area contributed by atoms with Gasteiger partial charge in [0, 0.05) is 67.8 Å². The Kier molecular flexibility index (Phi) is 15.4. The average molecular weight is 1110 g/mol. The quantitative estimate of drug-likeness (QED) is 0.0696. The van der Waals surface area contributed by atoms with Crippen LogP contribution in [0.3, 0.4) is 0 Å². The molecule has 17 nitrogen and oxygen atoms in total. The molecule has 0 unspecified atom stereocenters. The second-order valence-corrected chi connectivity index (χ2v) is 20.9. The van der Waals surface area contributed by atoms with Crippen molar-refractivity contribution >= 4 is 70.4 Å². The van der Waals surface area contributed by atoms with Crippen LogP contribution in [-0.2, 0) is 14.3 Å². The molecule has 6 aromatic rings. The molecule has 4 heterocycles. The molecule has 18 heteroatoms. The van der Waals surface area contributed by atoms with Crippen LogP contribution in [0.2, 0.25) is 0 Å². The zero-order valence-electron chi connectivity index (χ0n) is 45.8. The molecule has 5 amide bonds. The third kappa shape index (κ3) is 11.0. The number of rotatable bonds is 18. The number of nitrogens with one attached hydrogen (secondary N) is 3. The van der Waals surface area contributed by atoms with E-state index in [9.17, 15) is 28.4 Å². The van der Waals surface area contributed by atoms with Gasteiger partial charge in [-0.1, -0.05) is 86.6 Å². The van der Waals surface area contributed by atoms with Gasteiger partial charge in [0.2, 0.25) is 11.8 Å². The number of hydrogen-bond donors (Lipinski definition) is 3. The number of aliphatic imine (C=N–C) groups is 2. The number of nitrogens with zero attached hydrogens (tertiary/aromatic N) is 4. The highest BCUT2D eigenvalue weighted by molar-refractivity contribution is 6.07. The SMILES string of the molecule is COc1cc2c(cc1OCCCOc1cc3c(cc1OC)C(=O)N1C=C(c4ccc(NC(=O)[C@H](C)NC(=O)[C@@H](NC(=O)OCC5c6ccccc6-c6ccccc65)C(C)C)cc4)C[C@H]1C=N3)N=C[C@@H]1CC(c3ccc(F)cc3)=CN1C2=O. The smallest absolute Gasteiger partial charge is 0.407 e. The highest BCUT2D eigenvalue weighted by Gasteiger charge is 2.36. The van der Waals surface area contributed by atoms with Gasteiger partial charge in [-0.15, -0.1) is 0 Å². The van der Waals surface area contributed by atoms with Gasteiger partial charge in [-0.25, -0.2) is 9.18 Å². The third-order valence-corrected chi connectivity index (χ3v) is 15.3. The highest BCUT2D eigenvalue weighted by Crippen LogP contribution is 2.45. The molecule has 4 aliphatic heterocycles. The van der Waals surface area contributed by atoms with E-state index in [0.29, 0.717) is 70.4 Å². The molecule has 6 aromatic carbocycles. The van der Waals surface area contributed by atoms with Crippen LogP contribution in [0.1, 0.15) is 88.9 Å². The van der Waals surface area contributed by atoms with Crippen LogP contribution in [0, 0.1) is 11.7 Å². The van der Waals surface area contributed by atoms with Crippen molar-refractivity contribution in [2.24, 2.45) is 15.9 Å². The van der Waals surface area contributed by atoms with Crippen molar-refractivity contribution in [3.63, 3.8) is 0 Å². The number of halogens is 1. The maximum absolute atomic E-state index is 14.1. The molecule has 0 radical (unpaired) electrons. The van der Waals surface area contributed by atoms with Gasteiger partial charge in [-0.05, 0) is 93.8 Å². The summed E-state index contributed by atoms with van der Waals surface area (Å²) in [5.41, 5.74) is 9.96. The van der Waals surface area contributed by atoms with E-state index in [0.717, 1.165) is 44.5 Å². The summed E-state index contributed by atoms with van der Waals surface area (Å²) >= 11 is 0. The van der Waals surface area contributed by atoms with Crippen LogP contribution in [0.15, 0.2) is 144 Å². The largest absolute Gasteiger partial charge is 0.493 e. The molecular formula is C64H60FN7O10. The highest BCUT2D eigenvalue weighted by atomic mass is 19.1. The Balaban J connectivity index is 0.656. The van der Waals surface area contributed by atoms with E-state index >= 15 is 0 Å². The topological polar surface area (TPSA) is 199 Å². The van der Waals surface area contributed by atoms with Crippen molar-refractivity contribution in [1.82, 2.24) is 20.4 Å². The van der Waals surface area contributed by atoms with Crippen LogP contribution in [0.5, 0.6) is 23.0 Å². The van der Waals surface area contributed by atoms with Gasteiger partial charge in [-0.2, -0.15) is 0 Å². The molecule has 1 aliphatic carbocycles. The number of amides is 5. The van der Waals surface area contributed by atoms with Crippen molar-refractivity contribution in [1.29, 1.82) is 0 Å². The van der Waals surface area contributed by atoms with E-state index in [1.807, 2.05) is 54.7 Å². The number of anilines is 1. The summed E-state index contributed by atoms with van der Waals surface area (Å²) in [6.45, 7) is 5.75. The van der Waals surface area contributed by atoms with Gasteiger partial charge in [0.05, 0.1) is 62.0 Å². The molecule has 4 atom stereocenters. The number of benzene rings is 6. The minimum absolute atomic E-state index is 0.0972. The van der Waals surface area contributed by atoms with Gasteiger partial charge in [0.1, 0.15) is 24.5 Å². The first-order valence-corrected chi connectivity index (χ1v) is 27.2. The Labute approximate surface area is 473 Å². The maximum Gasteiger partial charge on any atom is 0.407 e. The van der Waals surface area contributed by atoms with Gasteiger partial charge >= 0.3 is 6.09 Å². The summed E-state index contributed by atoms with van der Waals surface area (Å²) in [7, 11) is 3.01. The monoisotopic (exact) mass is 1110 g/mol. The molecule has 0 saturated heterocycles.